The fraction of sp³-hybridized carbons (Fsp3) is 0.391. The molecule has 1 aliphatic rings. The third-order valence-electron chi connectivity index (χ3n) is 5.45. The average molecular weight is 467 g/mol. The van der Waals surface area contributed by atoms with E-state index in [1.165, 1.54) is 23.1 Å². The quantitative estimate of drug-likeness (QED) is 0.596. The first-order chi connectivity index (χ1) is 14.9. The van der Waals surface area contributed by atoms with Crippen LogP contribution < -0.4 is 10.1 Å². The van der Waals surface area contributed by atoms with E-state index in [1.54, 1.807) is 31.2 Å². The minimum Gasteiger partial charge on any atom is -0.481 e. The summed E-state index contributed by atoms with van der Waals surface area (Å²) in [5.74, 6) is -1.33. The van der Waals surface area contributed by atoms with Crippen molar-refractivity contribution < 1.29 is 18.7 Å². The van der Waals surface area contributed by atoms with Crippen LogP contribution >= 0.6 is 23.2 Å². The van der Waals surface area contributed by atoms with Crippen molar-refractivity contribution in [1.29, 1.82) is 0 Å². The summed E-state index contributed by atoms with van der Waals surface area (Å²) in [5.41, 5.74) is 0.533. The predicted molar refractivity (Wildman–Crippen MR) is 119 cm³/mol. The lowest BCUT2D eigenvalue weighted by Gasteiger charge is -2.30. The fourth-order valence-corrected chi connectivity index (χ4v) is 4.13. The van der Waals surface area contributed by atoms with Crippen LogP contribution in [0.2, 0.25) is 10.0 Å². The summed E-state index contributed by atoms with van der Waals surface area (Å²) in [6.45, 7) is 1.25. The first-order valence-electron chi connectivity index (χ1n) is 10.3. The Morgan fingerprint density at radius 2 is 1.77 bits per heavy atom. The first-order valence-corrected chi connectivity index (χ1v) is 11.0. The van der Waals surface area contributed by atoms with Crippen LogP contribution in [0.4, 0.5) is 4.39 Å². The maximum absolute atomic E-state index is 13.9. The second-order valence-corrected chi connectivity index (χ2v) is 8.42. The molecule has 1 aliphatic carbocycles. The van der Waals surface area contributed by atoms with Crippen LogP contribution in [0, 0.1) is 5.82 Å². The summed E-state index contributed by atoms with van der Waals surface area (Å²) < 4.78 is 19.2. The number of hydrogen-bond acceptors (Lipinski definition) is 3. The molecule has 0 heterocycles. The maximum atomic E-state index is 13.9. The van der Waals surface area contributed by atoms with Gasteiger partial charge in [-0.1, -0.05) is 54.2 Å². The van der Waals surface area contributed by atoms with Gasteiger partial charge in [0.1, 0.15) is 6.04 Å². The van der Waals surface area contributed by atoms with E-state index in [4.69, 9.17) is 27.9 Å². The number of rotatable bonds is 8. The number of nitrogens with one attached hydrogen (secondary N) is 1. The number of carbonyl (C=O) groups is 2. The molecule has 5 nitrogen and oxygen atoms in total. The van der Waals surface area contributed by atoms with E-state index in [0.717, 1.165) is 25.7 Å². The molecule has 0 radical (unpaired) electrons. The predicted octanol–water partition coefficient (Wildman–Crippen LogP) is 4.99. The molecule has 0 spiro atoms. The van der Waals surface area contributed by atoms with Gasteiger partial charge < -0.3 is 15.0 Å². The van der Waals surface area contributed by atoms with Crippen LogP contribution in [-0.2, 0) is 16.1 Å². The molecule has 1 fully saturated rings. The number of amides is 2. The molecule has 1 saturated carbocycles. The number of halogens is 3. The molecule has 0 bridgehead atoms. The van der Waals surface area contributed by atoms with E-state index >= 15 is 0 Å². The monoisotopic (exact) mass is 466 g/mol. The Morgan fingerprint density at radius 3 is 2.42 bits per heavy atom. The van der Waals surface area contributed by atoms with E-state index in [2.05, 4.69) is 5.32 Å². The fourth-order valence-electron chi connectivity index (χ4n) is 3.61. The summed E-state index contributed by atoms with van der Waals surface area (Å²) in [5, 5.41) is 3.80. The Bertz CT molecular complexity index is 915. The second-order valence-electron chi connectivity index (χ2n) is 7.61. The first kappa shape index (κ1) is 23.4. The normalized spacial score (nSPS) is 14.8. The maximum Gasteiger partial charge on any atom is 0.261 e. The van der Waals surface area contributed by atoms with Crippen LogP contribution in [0.25, 0.3) is 0 Å². The zero-order chi connectivity index (χ0) is 22.4. The Labute approximate surface area is 191 Å². The van der Waals surface area contributed by atoms with Crippen LogP contribution in [0.15, 0.2) is 42.5 Å². The zero-order valence-corrected chi connectivity index (χ0v) is 18.8. The highest BCUT2D eigenvalue weighted by Gasteiger charge is 2.29. The van der Waals surface area contributed by atoms with Crippen LogP contribution in [-0.4, -0.2) is 35.4 Å². The molecule has 2 aromatic rings. The minimum atomic E-state index is -0.787. The Morgan fingerprint density at radius 1 is 1.13 bits per heavy atom. The molecule has 0 unspecified atom stereocenters. The average Bonchev–Trinajstić information content (AvgIpc) is 3.25. The zero-order valence-electron chi connectivity index (χ0n) is 17.2. The van der Waals surface area contributed by atoms with Gasteiger partial charge in [0.05, 0.1) is 0 Å². The molecule has 2 amide bonds. The van der Waals surface area contributed by atoms with Gasteiger partial charge in [-0.2, -0.15) is 0 Å². The minimum absolute atomic E-state index is 0.0250. The second kappa shape index (κ2) is 10.8. The van der Waals surface area contributed by atoms with Gasteiger partial charge in [0, 0.05) is 28.2 Å². The highest BCUT2D eigenvalue weighted by molar-refractivity contribution is 6.36. The smallest absolute Gasteiger partial charge is 0.261 e. The molecule has 3 rings (SSSR count). The summed E-state index contributed by atoms with van der Waals surface area (Å²) >= 11 is 12.6. The topological polar surface area (TPSA) is 58.6 Å². The highest BCUT2D eigenvalue weighted by Crippen LogP contribution is 2.27. The van der Waals surface area contributed by atoms with Crippen LogP contribution in [0.3, 0.4) is 0 Å². The van der Waals surface area contributed by atoms with Gasteiger partial charge in [0.2, 0.25) is 5.91 Å². The van der Waals surface area contributed by atoms with Gasteiger partial charge in [-0.05, 0) is 44.0 Å². The molecule has 166 valence electrons. The van der Waals surface area contributed by atoms with Gasteiger partial charge in [0.15, 0.2) is 18.2 Å². The number of carbonyl (C=O) groups excluding carboxylic acids is 2. The van der Waals surface area contributed by atoms with Crippen molar-refractivity contribution in [3.8, 4) is 5.75 Å². The molecule has 2 aromatic carbocycles. The molecular weight excluding hydrogens is 442 g/mol. The standard InChI is InChI=1S/C23H25Cl2FN2O3/c1-15(23(30)27-16-7-2-3-8-16)28(13-17-18(24)9-6-10-19(17)25)22(29)14-31-21-12-5-4-11-20(21)26/h4-6,9-12,15-16H,2-3,7-8,13-14H2,1H3,(H,27,30)/t15-/m0/s1. The van der Waals surface area contributed by atoms with Crippen LogP contribution in [0.5, 0.6) is 5.75 Å². The summed E-state index contributed by atoms with van der Waals surface area (Å²) in [4.78, 5) is 27.3. The molecule has 0 saturated heterocycles. The highest BCUT2D eigenvalue weighted by atomic mass is 35.5. The lowest BCUT2D eigenvalue weighted by molar-refractivity contribution is -0.142. The van der Waals surface area contributed by atoms with Gasteiger partial charge in [0.25, 0.3) is 5.91 Å². The Kier molecular flexibility index (Phi) is 8.15. The molecule has 0 aliphatic heterocycles. The van der Waals surface area contributed by atoms with E-state index in [0.29, 0.717) is 15.6 Å². The lowest BCUT2D eigenvalue weighted by atomic mass is 10.1. The Balaban J connectivity index is 1.77. The summed E-state index contributed by atoms with van der Waals surface area (Å²) in [6.07, 6.45) is 4.01. The van der Waals surface area contributed by atoms with Crippen molar-refractivity contribution in [2.24, 2.45) is 0 Å². The molecular formula is C23H25Cl2FN2O3. The summed E-state index contributed by atoms with van der Waals surface area (Å²) in [7, 11) is 0. The van der Waals surface area contributed by atoms with Crippen molar-refractivity contribution >= 4 is 35.0 Å². The van der Waals surface area contributed by atoms with Crippen molar-refractivity contribution in [1.82, 2.24) is 10.2 Å². The van der Waals surface area contributed by atoms with Crippen LogP contribution in [0.1, 0.15) is 38.2 Å². The molecule has 31 heavy (non-hydrogen) atoms. The number of hydrogen-bond donors (Lipinski definition) is 1. The third-order valence-corrected chi connectivity index (χ3v) is 6.16. The number of ether oxygens (including phenoxy) is 1. The van der Waals surface area contributed by atoms with Crippen molar-refractivity contribution in [3.05, 3.63) is 63.9 Å². The Hall–Kier alpha value is -2.31. The summed E-state index contributed by atoms with van der Waals surface area (Å²) in [6, 6.07) is 10.2. The largest absolute Gasteiger partial charge is 0.481 e. The van der Waals surface area contributed by atoms with E-state index in [-0.39, 0.29) is 24.2 Å². The van der Waals surface area contributed by atoms with E-state index < -0.39 is 24.4 Å². The van der Waals surface area contributed by atoms with Gasteiger partial charge in [-0.25, -0.2) is 4.39 Å². The number of para-hydroxylation sites is 1. The van der Waals surface area contributed by atoms with Crippen molar-refractivity contribution in [2.75, 3.05) is 6.61 Å². The third kappa shape index (κ3) is 6.11. The van der Waals surface area contributed by atoms with E-state index in [9.17, 15) is 14.0 Å². The molecule has 0 aromatic heterocycles. The SMILES string of the molecule is C[C@@H](C(=O)NC1CCCC1)N(Cc1c(Cl)cccc1Cl)C(=O)COc1ccccc1F. The van der Waals surface area contributed by atoms with Crippen molar-refractivity contribution in [3.63, 3.8) is 0 Å². The number of benzene rings is 2. The number of nitrogens with zero attached hydrogens (tertiary/aromatic N) is 1. The van der Waals surface area contributed by atoms with Gasteiger partial charge in [-0.3, -0.25) is 9.59 Å². The van der Waals surface area contributed by atoms with Gasteiger partial charge >= 0.3 is 0 Å². The van der Waals surface area contributed by atoms with Crippen molar-refractivity contribution in [2.45, 2.75) is 51.2 Å². The molecule has 1 atom stereocenters. The van der Waals surface area contributed by atoms with Gasteiger partial charge in [-0.15, -0.1) is 0 Å². The van der Waals surface area contributed by atoms with E-state index in [1.807, 2.05) is 0 Å². The molecule has 8 heteroatoms. The lowest BCUT2D eigenvalue weighted by Crippen LogP contribution is -2.50. The molecule has 1 N–H and O–H groups in total.